The number of nitrogens with zero attached hydrogens (tertiary/aromatic N) is 1. The first kappa shape index (κ1) is 24.2. The van der Waals surface area contributed by atoms with E-state index in [0.29, 0.717) is 49.7 Å². The van der Waals surface area contributed by atoms with Crippen molar-refractivity contribution >= 4 is 21.7 Å². The van der Waals surface area contributed by atoms with Crippen LogP contribution in [0.3, 0.4) is 0 Å². The molecule has 2 aliphatic rings. The smallest absolute Gasteiger partial charge is 0.243 e. The Balaban J connectivity index is 1.43. The molecule has 1 saturated heterocycles. The topological polar surface area (TPSA) is 111 Å². The second-order valence-corrected chi connectivity index (χ2v) is 10.6. The molecule has 0 radical (unpaired) electrons. The number of ether oxygens (including phenoxy) is 3. The fourth-order valence-electron chi connectivity index (χ4n) is 4.21. The summed E-state index contributed by atoms with van der Waals surface area (Å²) in [4.78, 5) is 24.2. The molecule has 1 fully saturated rings. The van der Waals surface area contributed by atoms with Crippen LogP contribution in [0.1, 0.15) is 35.7 Å². The van der Waals surface area contributed by atoms with Gasteiger partial charge < -0.3 is 19.5 Å². The quantitative estimate of drug-likeness (QED) is 0.567. The average molecular weight is 489 g/mol. The van der Waals surface area contributed by atoms with Crippen molar-refractivity contribution in [1.82, 2.24) is 9.62 Å². The van der Waals surface area contributed by atoms with Crippen LogP contribution in [0.15, 0.2) is 47.4 Å². The Hall–Kier alpha value is -2.95. The van der Waals surface area contributed by atoms with E-state index in [2.05, 4.69) is 5.32 Å². The average Bonchev–Trinajstić information content (AvgIpc) is 3.31. The highest BCUT2D eigenvalue weighted by Crippen LogP contribution is 2.40. The number of likely N-dealkylation sites (N-methyl/N-ethyl adjacent to an activating group) is 1. The molecule has 2 aliphatic heterocycles. The highest BCUT2D eigenvalue weighted by molar-refractivity contribution is 7.89. The van der Waals surface area contributed by atoms with Gasteiger partial charge in [-0.1, -0.05) is 18.2 Å². The van der Waals surface area contributed by atoms with Gasteiger partial charge in [0, 0.05) is 37.8 Å². The van der Waals surface area contributed by atoms with Crippen molar-refractivity contribution in [2.45, 2.75) is 30.1 Å². The molecule has 0 aromatic heterocycles. The maximum absolute atomic E-state index is 12.9. The van der Waals surface area contributed by atoms with Gasteiger partial charge >= 0.3 is 0 Å². The number of hydrogen-bond acceptors (Lipinski definition) is 7. The molecule has 1 N–H and O–H groups in total. The first-order valence-electron chi connectivity index (χ1n) is 11.0. The molecule has 182 valence electrons. The van der Waals surface area contributed by atoms with Crippen LogP contribution in [0, 0.1) is 0 Å². The van der Waals surface area contributed by atoms with Gasteiger partial charge in [-0.2, -0.15) is 4.31 Å². The molecule has 9 nitrogen and oxygen atoms in total. The minimum Gasteiger partial charge on any atom is -0.454 e. The highest BCUT2D eigenvalue weighted by atomic mass is 32.2. The number of rotatable bonds is 8. The number of sulfonamides is 1. The molecule has 34 heavy (non-hydrogen) atoms. The maximum atomic E-state index is 12.9. The zero-order valence-electron chi connectivity index (χ0n) is 19.2. The first-order valence-corrected chi connectivity index (χ1v) is 12.5. The molecule has 0 saturated carbocycles. The second kappa shape index (κ2) is 9.73. The van der Waals surface area contributed by atoms with E-state index in [1.54, 1.807) is 0 Å². The van der Waals surface area contributed by atoms with Crippen LogP contribution in [0.5, 0.6) is 11.5 Å². The van der Waals surface area contributed by atoms with Gasteiger partial charge in [-0.05, 0) is 49.6 Å². The van der Waals surface area contributed by atoms with Crippen LogP contribution in [-0.2, 0) is 25.0 Å². The van der Waals surface area contributed by atoms with Gasteiger partial charge in [0.05, 0.1) is 11.4 Å². The minimum absolute atomic E-state index is 0.0223. The lowest BCUT2D eigenvalue weighted by Gasteiger charge is -2.38. The third-order valence-electron chi connectivity index (χ3n) is 6.39. The van der Waals surface area contributed by atoms with Gasteiger partial charge in [-0.3, -0.25) is 9.59 Å². The summed E-state index contributed by atoms with van der Waals surface area (Å²) < 4.78 is 43.2. The predicted octanol–water partition coefficient (Wildman–Crippen LogP) is 2.10. The van der Waals surface area contributed by atoms with Gasteiger partial charge in [-0.25, -0.2) is 8.42 Å². The number of benzene rings is 2. The predicted molar refractivity (Wildman–Crippen MR) is 124 cm³/mol. The number of fused-ring (bicyclic) bond motifs is 1. The maximum Gasteiger partial charge on any atom is 0.243 e. The fraction of sp³-hybridized carbons (Fsp3) is 0.417. The second-order valence-electron chi connectivity index (χ2n) is 8.58. The SMILES string of the molecule is CC(=O)c1ccc(S(=O)(=O)N(C)CC(=O)NCC2(c3ccc4c(c3)OCO4)CCOCC2)cc1. The molecule has 4 rings (SSSR count). The molecule has 0 aliphatic carbocycles. The van der Waals surface area contributed by atoms with Crippen molar-refractivity contribution in [3.8, 4) is 11.5 Å². The van der Waals surface area contributed by atoms with Gasteiger partial charge in [0.25, 0.3) is 0 Å². The Labute approximate surface area is 199 Å². The number of hydrogen-bond donors (Lipinski definition) is 1. The summed E-state index contributed by atoms with van der Waals surface area (Å²) >= 11 is 0. The number of nitrogens with one attached hydrogen (secondary N) is 1. The van der Waals surface area contributed by atoms with Crippen molar-refractivity contribution in [2.75, 3.05) is 40.1 Å². The molecule has 0 atom stereocenters. The third kappa shape index (κ3) is 4.94. The van der Waals surface area contributed by atoms with E-state index in [1.165, 1.54) is 38.2 Å². The van der Waals surface area contributed by atoms with Crippen molar-refractivity contribution in [2.24, 2.45) is 0 Å². The number of carbonyl (C=O) groups excluding carboxylic acids is 2. The molecule has 1 amide bonds. The Morgan fingerprint density at radius 1 is 1.03 bits per heavy atom. The number of Topliss-reactive ketones (excluding diaryl/α,β-unsaturated/α-hetero) is 1. The number of amides is 1. The van der Waals surface area contributed by atoms with Crippen LogP contribution in [-0.4, -0.2) is 64.6 Å². The summed E-state index contributed by atoms with van der Waals surface area (Å²) in [5.74, 6) is 0.814. The Bertz CT molecular complexity index is 1170. The molecule has 0 spiro atoms. The number of carbonyl (C=O) groups is 2. The van der Waals surface area contributed by atoms with E-state index in [1.807, 2.05) is 18.2 Å². The summed E-state index contributed by atoms with van der Waals surface area (Å²) in [6.45, 7) is 2.74. The largest absolute Gasteiger partial charge is 0.454 e. The van der Waals surface area contributed by atoms with Crippen molar-refractivity contribution < 1.29 is 32.2 Å². The molecular formula is C24H28N2O7S. The lowest BCUT2D eigenvalue weighted by molar-refractivity contribution is -0.121. The lowest BCUT2D eigenvalue weighted by atomic mass is 9.74. The van der Waals surface area contributed by atoms with Crippen LogP contribution in [0.4, 0.5) is 0 Å². The summed E-state index contributed by atoms with van der Waals surface area (Å²) in [7, 11) is -2.53. The van der Waals surface area contributed by atoms with Gasteiger partial charge in [0.1, 0.15) is 0 Å². The number of ketones is 1. The first-order chi connectivity index (χ1) is 16.2. The van der Waals surface area contributed by atoms with E-state index in [0.717, 1.165) is 9.87 Å². The summed E-state index contributed by atoms with van der Waals surface area (Å²) in [5.41, 5.74) is 1.09. The molecule has 0 bridgehead atoms. The van der Waals surface area contributed by atoms with Gasteiger partial charge in [-0.15, -0.1) is 0 Å². The Morgan fingerprint density at radius 3 is 2.38 bits per heavy atom. The monoisotopic (exact) mass is 488 g/mol. The summed E-state index contributed by atoms with van der Waals surface area (Å²) in [5, 5.41) is 2.92. The zero-order valence-corrected chi connectivity index (χ0v) is 20.0. The van der Waals surface area contributed by atoms with E-state index in [9.17, 15) is 18.0 Å². The standard InChI is InChI=1S/C24H28N2O7S/c1-17(27)18-3-6-20(7-4-18)34(29,30)26(2)14-23(28)25-15-24(9-11-31-12-10-24)19-5-8-21-22(13-19)33-16-32-21/h3-8,13H,9-12,14-16H2,1-2H3,(H,25,28). The summed E-state index contributed by atoms with van der Waals surface area (Å²) in [6, 6.07) is 11.5. The van der Waals surface area contributed by atoms with E-state index >= 15 is 0 Å². The van der Waals surface area contributed by atoms with E-state index < -0.39 is 15.9 Å². The van der Waals surface area contributed by atoms with Crippen LogP contribution >= 0.6 is 0 Å². The molecular weight excluding hydrogens is 460 g/mol. The molecule has 2 aromatic carbocycles. The Kier molecular flexibility index (Phi) is 6.92. The highest BCUT2D eigenvalue weighted by Gasteiger charge is 2.36. The van der Waals surface area contributed by atoms with Crippen LogP contribution < -0.4 is 14.8 Å². The van der Waals surface area contributed by atoms with Crippen LogP contribution in [0.25, 0.3) is 0 Å². The fourth-order valence-corrected chi connectivity index (χ4v) is 5.34. The molecule has 2 heterocycles. The van der Waals surface area contributed by atoms with Gasteiger partial charge in [0.2, 0.25) is 22.7 Å². The lowest BCUT2D eigenvalue weighted by Crippen LogP contribution is -2.47. The molecule has 10 heteroatoms. The van der Waals surface area contributed by atoms with Crippen molar-refractivity contribution in [3.63, 3.8) is 0 Å². The van der Waals surface area contributed by atoms with Crippen molar-refractivity contribution in [1.29, 1.82) is 0 Å². The van der Waals surface area contributed by atoms with Crippen LogP contribution in [0.2, 0.25) is 0 Å². The van der Waals surface area contributed by atoms with E-state index in [4.69, 9.17) is 14.2 Å². The normalized spacial score (nSPS) is 16.9. The zero-order chi connectivity index (χ0) is 24.3. The molecule has 2 aromatic rings. The third-order valence-corrected chi connectivity index (χ3v) is 8.21. The molecule has 0 unspecified atom stereocenters. The minimum atomic E-state index is -3.88. The van der Waals surface area contributed by atoms with Crippen molar-refractivity contribution in [3.05, 3.63) is 53.6 Å². The van der Waals surface area contributed by atoms with Gasteiger partial charge in [0.15, 0.2) is 17.3 Å². The Morgan fingerprint density at radius 2 is 1.71 bits per heavy atom. The van der Waals surface area contributed by atoms with E-state index in [-0.39, 0.29) is 29.4 Å². The summed E-state index contributed by atoms with van der Waals surface area (Å²) in [6.07, 6.45) is 1.42.